The van der Waals surface area contributed by atoms with Crippen LogP contribution in [-0.2, 0) is 4.79 Å². The SMILES string of the molecule is CCSC1CCCCN(C(=O)CSc2ccccc2)C1. The van der Waals surface area contributed by atoms with Crippen molar-refractivity contribution in [3.05, 3.63) is 30.3 Å². The van der Waals surface area contributed by atoms with Crippen LogP contribution in [0.5, 0.6) is 0 Å². The number of hydrogen-bond acceptors (Lipinski definition) is 3. The normalized spacial score (nSPS) is 19.6. The van der Waals surface area contributed by atoms with Gasteiger partial charge in [0.05, 0.1) is 5.75 Å². The van der Waals surface area contributed by atoms with Crippen molar-refractivity contribution in [3.63, 3.8) is 0 Å². The average molecular weight is 310 g/mol. The highest BCUT2D eigenvalue weighted by Gasteiger charge is 2.21. The molecule has 0 N–H and O–H groups in total. The Labute approximate surface area is 130 Å². The molecule has 1 fully saturated rings. The molecule has 2 nitrogen and oxygen atoms in total. The third-order valence-electron chi connectivity index (χ3n) is 3.49. The predicted molar refractivity (Wildman–Crippen MR) is 89.5 cm³/mol. The summed E-state index contributed by atoms with van der Waals surface area (Å²) < 4.78 is 0. The predicted octanol–water partition coefficient (Wildman–Crippen LogP) is 3.91. The maximum absolute atomic E-state index is 12.4. The van der Waals surface area contributed by atoms with E-state index in [0.717, 1.165) is 25.3 Å². The molecule has 1 aliphatic heterocycles. The lowest BCUT2D eigenvalue weighted by molar-refractivity contribution is -0.128. The first-order valence-electron chi connectivity index (χ1n) is 7.37. The summed E-state index contributed by atoms with van der Waals surface area (Å²) in [4.78, 5) is 15.6. The van der Waals surface area contributed by atoms with Crippen LogP contribution in [-0.4, -0.2) is 40.7 Å². The smallest absolute Gasteiger partial charge is 0.232 e. The minimum atomic E-state index is 0.294. The molecule has 1 heterocycles. The van der Waals surface area contributed by atoms with Gasteiger partial charge < -0.3 is 4.90 Å². The quantitative estimate of drug-likeness (QED) is 0.769. The van der Waals surface area contributed by atoms with Crippen LogP contribution in [0.3, 0.4) is 0 Å². The lowest BCUT2D eigenvalue weighted by Gasteiger charge is -2.24. The molecule has 1 unspecified atom stereocenters. The number of hydrogen-bond donors (Lipinski definition) is 0. The number of amides is 1. The number of carbonyl (C=O) groups excluding carboxylic acids is 1. The number of nitrogens with zero attached hydrogens (tertiary/aromatic N) is 1. The molecule has 0 bridgehead atoms. The van der Waals surface area contributed by atoms with Gasteiger partial charge in [0.2, 0.25) is 5.91 Å². The molecule has 1 amide bonds. The van der Waals surface area contributed by atoms with Gasteiger partial charge in [-0.1, -0.05) is 31.5 Å². The van der Waals surface area contributed by atoms with E-state index in [1.807, 2.05) is 30.0 Å². The summed E-state index contributed by atoms with van der Waals surface area (Å²) in [5.41, 5.74) is 0. The molecule has 0 saturated carbocycles. The van der Waals surface area contributed by atoms with Gasteiger partial charge in [0.1, 0.15) is 0 Å². The Hall–Kier alpha value is -0.610. The van der Waals surface area contributed by atoms with Crippen molar-refractivity contribution in [2.75, 3.05) is 24.6 Å². The number of rotatable bonds is 5. The molecule has 2 rings (SSSR count). The van der Waals surface area contributed by atoms with Crippen molar-refractivity contribution in [2.24, 2.45) is 0 Å². The first kappa shape index (κ1) is 15.8. The highest BCUT2D eigenvalue weighted by atomic mass is 32.2. The molecule has 4 heteroatoms. The molecule has 1 aromatic rings. The largest absolute Gasteiger partial charge is 0.341 e. The van der Waals surface area contributed by atoms with Crippen molar-refractivity contribution >= 4 is 29.4 Å². The van der Waals surface area contributed by atoms with Crippen LogP contribution in [0.1, 0.15) is 26.2 Å². The Morgan fingerprint density at radius 1 is 1.30 bits per heavy atom. The second-order valence-corrected chi connectivity index (χ2v) is 7.64. The highest BCUT2D eigenvalue weighted by molar-refractivity contribution is 8.00. The fourth-order valence-corrected chi connectivity index (χ4v) is 4.37. The number of benzene rings is 1. The van der Waals surface area contributed by atoms with E-state index >= 15 is 0 Å². The van der Waals surface area contributed by atoms with E-state index in [2.05, 4.69) is 24.0 Å². The van der Waals surface area contributed by atoms with Gasteiger partial charge in [-0.3, -0.25) is 4.79 Å². The third-order valence-corrected chi connectivity index (χ3v) is 5.68. The lowest BCUT2D eigenvalue weighted by atomic mass is 10.2. The topological polar surface area (TPSA) is 20.3 Å². The molecule has 1 aromatic carbocycles. The van der Waals surface area contributed by atoms with E-state index in [4.69, 9.17) is 0 Å². The first-order valence-corrected chi connectivity index (χ1v) is 9.40. The molecule has 110 valence electrons. The molecule has 0 aromatic heterocycles. The van der Waals surface area contributed by atoms with Crippen molar-refractivity contribution in [3.8, 4) is 0 Å². The zero-order valence-electron chi connectivity index (χ0n) is 12.1. The van der Waals surface area contributed by atoms with Gasteiger partial charge in [-0.15, -0.1) is 11.8 Å². The Bertz CT molecular complexity index is 410. The highest BCUT2D eigenvalue weighted by Crippen LogP contribution is 2.23. The van der Waals surface area contributed by atoms with Crippen LogP contribution in [0.4, 0.5) is 0 Å². The summed E-state index contributed by atoms with van der Waals surface area (Å²) in [6.07, 6.45) is 3.67. The van der Waals surface area contributed by atoms with E-state index in [9.17, 15) is 4.79 Å². The van der Waals surface area contributed by atoms with Crippen molar-refractivity contribution in [2.45, 2.75) is 36.3 Å². The monoisotopic (exact) mass is 309 g/mol. The molecule has 1 saturated heterocycles. The van der Waals surface area contributed by atoms with Gasteiger partial charge in [0.15, 0.2) is 0 Å². The van der Waals surface area contributed by atoms with Crippen LogP contribution in [0, 0.1) is 0 Å². The Morgan fingerprint density at radius 3 is 2.85 bits per heavy atom. The zero-order valence-corrected chi connectivity index (χ0v) is 13.7. The average Bonchev–Trinajstić information content (AvgIpc) is 2.72. The van der Waals surface area contributed by atoms with E-state index in [1.54, 1.807) is 11.8 Å². The molecular weight excluding hydrogens is 286 g/mol. The fourth-order valence-electron chi connectivity index (χ4n) is 2.45. The Balaban J connectivity index is 1.84. The fraction of sp³-hybridized carbons (Fsp3) is 0.562. The summed E-state index contributed by atoms with van der Waals surface area (Å²) in [6, 6.07) is 10.2. The standard InChI is InChI=1S/C16H23NOS2/c1-2-19-15-10-6-7-11-17(12-15)16(18)13-20-14-8-4-3-5-9-14/h3-5,8-9,15H,2,6-7,10-13H2,1H3. The summed E-state index contributed by atoms with van der Waals surface area (Å²) >= 11 is 3.65. The summed E-state index contributed by atoms with van der Waals surface area (Å²) in [7, 11) is 0. The number of thioether (sulfide) groups is 2. The lowest BCUT2D eigenvalue weighted by Crippen LogP contribution is -2.36. The van der Waals surface area contributed by atoms with Gasteiger partial charge in [-0.25, -0.2) is 0 Å². The van der Waals surface area contributed by atoms with Gasteiger partial charge in [0.25, 0.3) is 0 Å². The van der Waals surface area contributed by atoms with Crippen molar-refractivity contribution < 1.29 is 4.79 Å². The van der Waals surface area contributed by atoms with Crippen LogP contribution >= 0.6 is 23.5 Å². The van der Waals surface area contributed by atoms with E-state index in [0.29, 0.717) is 16.9 Å². The summed E-state index contributed by atoms with van der Waals surface area (Å²) in [5, 5.41) is 0.633. The second-order valence-electron chi connectivity index (χ2n) is 5.01. The minimum absolute atomic E-state index is 0.294. The van der Waals surface area contributed by atoms with Gasteiger partial charge in [0, 0.05) is 23.2 Å². The molecule has 1 atom stereocenters. The van der Waals surface area contributed by atoms with E-state index in [1.165, 1.54) is 17.7 Å². The molecule has 0 spiro atoms. The van der Waals surface area contributed by atoms with Crippen LogP contribution in [0.25, 0.3) is 0 Å². The number of carbonyl (C=O) groups is 1. The molecule has 0 aliphatic carbocycles. The Kier molecular flexibility index (Phi) is 6.80. The Morgan fingerprint density at radius 2 is 2.10 bits per heavy atom. The molecular formula is C16H23NOS2. The zero-order chi connectivity index (χ0) is 14.2. The van der Waals surface area contributed by atoms with Crippen molar-refractivity contribution in [1.29, 1.82) is 0 Å². The second kappa shape index (κ2) is 8.63. The molecule has 1 aliphatic rings. The maximum Gasteiger partial charge on any atom is 0.232 e. The van der Waals surface area contributed by atoms with Crippen LogP contribution in [0.2, 0.25) is 0 Å². The molecule has 20 heavy (non-hydrogen) atoms. The summed E-state index contributed by atoms with van der Waals surface area (Å²) in [5.74, 6) is 2.00. The van der Waals surface area contributed by atoms with Crippen LogP contribution in [0.15, 0.2) is 35.2 Å². The van der Waals surface area contributed by atoms with Gasteiger partial charge in [-0.05, 0) is 30.7 Å². The number of likely N-dealkylation sites (tertiary alicyclic amines) is 1. The van der Waals surface area contributed by atoms with Crippen molar-refractivity contribution in [1.82, 2.24) is 4.90 Å². The third kappa shape index (κ3) is 5.06. The maximum atomic E-state index is 12.4. The van der Waals surface area contributed by atoms with Gasteiger partial charge in [-0.2, -0.15) is 11.8 Å². The minimum Gasteiger partial charge on any atom is -0.341 e. The molecule has 0 radical (unpaired) electrons. The van der Waals surface area contributed by atoms with Crippen LogP contribution < -0.4 is 0 Å². The van der Waals surface area contributed by atoms with E-state index in [-0.39, 0.29) is 0 Å². The van der Waals surface area contributed by atoms with Gasteiger partial charge >= 0.3 is 0 Å². The summed E-state index contributed by atoms with van der Waals surface area (Å²) in [6.45, 7) is 4.08. The van der Waals surface area contributed by atoms with E-state index < -0.39 is 0 Å². The first-order chi connectivity index (χ1) is 9.79.